The monoisotopic (exact) mass is 542 g/mol. The Morgan fingerprint density at radius 2 is 1.72 bits per heavy atom. The SMILES string of the molecule is O=C(O)[C@H](Cc1ccccc1)N[C@H]1COc2ccccc2N(Cc2ccc(I)cc2)C1=O. The van der Waals surface area contributed by atoms with Crippen LogP contribution in [0.2, 0.25) is 0 Å². The summed E-state index contributed by atoms with van der Waals surface area (Å²) in [6, 6.07) is 23.0. The lowest BCUT2D eigenvalue weighted by atomic mass is 10.0. The molecule has 2 atom stereocenters. The number of para-hydroxylation sites is 2. The highest BCUT2D eigenvalue weighted by Gasteiger charge is 2.34. The van der Waals surface area contributed by atoms with Crippen molar-refractivity contribution in [1.29, 1.82) is 0 Å². The van der Waals surface area contributed by atoms with Crippen LogP contribution in [0.25, 0.3) is 0 Å². The Morgan fingerprint density at radius 1 is 1.03 bits per heavy atom. The van der Waals surface area contributed by atoms with Gasteiger partial charge in [-0.2, -0.15) is 0 Å². The number of benzene rings is 3. The molecule has 1 aliphatic rings. The molecule has 164 valence electrons. The van der Waals surface area contributed by atoms with Gasteiger partial charge in [-0.15, -0.1) is 0 Å². The molecule has 3 aromatic carbocycles. The summed E-state index contributed by atoms with van der Waals surface area (Å²) in [5.41, 5.74) is 2.54. The Kier molecular flexibility index (Phi) is 7.06. The largest absolute Gasteiger partial charge is 0.489 e. The molecule has 0 saturated carbocycles. The van der Waals surface area contributed by atoms with Gasteiger partial charge < -0.3 is 14.7 Å². The van der Waals surface area contributed by atoms with Gasteiger partial charge >= 0.3 is 5.97 Å². The van der Waals surface area contributed by atoms with Gasteiger partial charge in [-0.05, 0) is 64.4 Å². The number of carbonyl (C=O) groups is 2. The van der Waals surface area contributed by atoms with Crippen molar-refractivity contribution in [1.82, 2.24) is 5.32 Å². The lowest BCUT2D eigenvalue weighted by molar-refractivity contribution is -0.140. The highest BCUT2D eigenvalue weighted by Crippen LogP contribution is 2.32. The summed E-state index contributed by atoms with van der Waals surface area (Å²) < 4.78 is 7.04. The molecule has 1 aliphatic heterocycles. The van der Waals surface area contributed by atoms with E-state index in [0.29, 0.717) is 18.0 Å². The molecule has 3 aromatic rings. The molecule has 0 spiro atoms. The van der Waals surface area contributed by atoms with Crippen LogP contribution in [-0.4, -0.2) is 35.7 Å². The second-order valence-corrected chi connectivity index (χ2v) is 8.88. The molecule has 2 N–H and O–H groups in total. The van der Waals surface area contributed by atoms with Crippen LogP contribution in [0.5, 0.6) is 5.75 Å². The number of hydrogen-bond acceptors (Lipinski definition) is 4. The molecule has 0 radical (unpaired) electrons. The van der Waals surface area contributed by atoms with Crippen LogP contribution in [0.3, 0.4) is 0 Å². The molecule has 0 fully saturated rings. The van der Waals surface area contributed by atoms with Crippen molar-refractivity contribution in [3.8, 4) is 5.75 Å². The van der Waals surface area contributed by atoms with Gasteiger partial charge in [0, 0.05) is 3.57 Å². The highest BCUT2D eigenvalue weighted by molar-refractivity contribution is 14.1. The summed E-state index contributed by atoms with van der Waals surface area (Å²) in [5, 5.41) is 12.8. The second-order valence-electron chi connectivity index (χ2n) is 7.63. The number of rotatable bonds is 7. The number of fused-ring (bicyclic) bond motifs is 1. The minimum atomic E-state index is -1.01. The summed E-state index contributed by atoms with van der Waals surface area (Å²) in [7, 11) is 0. The fourth-order valence-corrected chi connectivity index (χ4v) is 4.08. The number of aliphatic carboxylic acids is 1. The first-order chi connectivity index (χ1) is 15.5. The van der Waals surface area contributed by atoms with E-state index in [2.05, 4.69) is 27.9 Å². The fourth-order valence-electron chi connectivity index (χ4n) is 3.72. The van der Waals surface area contributed by atoms with E-state index in [4.69, 9.17) is 4.74 Å². The Hall–Kier alpha value is -2.91. The first kappa shape index (κ1) is 22.3. The molecule has 7 heteroatoms. The van der Waals surface area contributed by atoms with Crippen LogP contribution in [0.4, 0.5) is 5.69 Å². The molecule has 0 aliphatic carbocycles. The van der Waals surface area contributed by atoms with Gasteiger partial charge in [0.2, 0.25) is 5.91 Å². The Labute approximate surface area is 200 Å². The average Bonchev–Trinajstić information content (AvgIpc) is 2.93. The Balaban J connectivity index is 1.60. The third kappa shape index (κ3) is 5.28. The molecular formula is C25H23IN2O4. The maximum atomic E-state index is 13.6. The normalized spacial score (nSPS) is 16.6. The van der Waals surface area contributed by atoms with Gasteiger partial charge in [0.05, 0.1) is 12.2 Å². The number of halogens is 1. The van der Waals surface area contributed by atoms with E-state index < -0.39 is 18.1 Å². The van der Waals surface area contributed by atoms with Crippen LogP contribution < -0.4 is 15.0 Å². The van der Waals surface area contributed by atoms with E-state index in [1.165, 1.54) is 0 Å². The van der Waals surface area contributed by atoms with Gasteiger partial charge in [-0.25, -0.2) is 0 Å². The van der Waals surface area contributed by atoms with Crippen LogP contribution in [0.15, 0.2) is 78.9 Å². The Morgan fingerprint density at radius 3 is 2.44 bits per heavy atom. The zero-order chi connectivity index (χ0) is 22.5. The molecule has 0 aromatic heterocycles. The molecule has 1 heterocycles. The van der Waals surface area contributed by atoms with Crippen molar-refractivity contribution >= 4 is 40.2 Å². The zero-order valence-corrected chi connectivity index (χ0v) is 19.4. The topological polar surface area (TPSA) is 78.9 Å². The lowest BCUT2D eigenvalue weighted by Crippen LogP contribution is -2.54. The van der Waals surface area contributed by atoms with E-state index in [1.807, 2.05) is 78.9 Å². The van der Waals surface area contributed by atoms with Gasteiger partial charge in [0.15, 0.2) is 0 Å². The number of carbonyl (C=O) groups excluding carboxylic acids is 1. The number of anilines is 1. The van der Waals surface area contributed by atoms with Crippen LogP contribution in [-0.2, 0) is 22.6 Å². The van der Waals surface area contributed by atoms with Crippen molar-refractivity contribution in [2.45, 2.75) is 25.0 Å². The van der Waals surface area contributed by atoms with E-state index in [0.717, 1.165) is 14.7 Å². The molecule has 4 rings (SSSR count). The van der Waals surface area contributed by atoms with Crippen LogP contribution >= 0.6 is 22.6 Å². The number of amides is 1. The lowest BCUT2D eigenvalue weighted by Gasteiger charge is -2.26. The van der Waals surface area contributed by atoms with Gasteiger partial charge in [0.1, 0.15) is 24.4 Å². The first-order valence-electron chi connectivity index (χ1n) is 10.3. The number of ether oxygens (including phenoxy) is 1. The second kappa shape index (κ2) is 10.1. The minimum absolute atomic E-state index is 0.0532. The number of nitrogens with zero attached hydrogens (tertiary/aromatic N) is 1. The van der Waals surface area contributed by atoms with Crippen LogP contribution in [0, 0.1) is 3.57 Å². The molecule has 32 heavy (non-hydrogen) atoms. The van der Waals surface area contributed by atoms with Gasteiger partial charge in [0.25, 0.3) is 0 Å². The van der Waals surface area contributed by atoms with Crippen molar-refractivity contribution in [3.63, 3.8) is 0 Å². The maximum Gasteiger partial charge on any atom is 0.321 e. The fraction of sp³-hybridized carbons (Fsp3) is 0.200. The van der Waals surface area contributed by atoms with E-state index >= 15 is 0 Å². The van der Waals surface area contributed by atoms with Crippen molar-refractivity contribution in [2.24, 2.45) is 0 Å². The summed E-state index contributed by atoms with van der Waals surface area (Å²) in [5.74, 6) is -0.619. The standard InChI is InChI=1S/C25H23IN2O4/c26-19-12-10-18(11-13-19)15-28-22-8-4-5-9-23(22)32-16-21(24(28)29)27-20(25(30)31)14-17-6-2-1-3-7-17/h1-13,20-21,27H,14-16H2,(H,30,31)/t20-,21-/m0/s1. The predicted octanol–water partition coefficient (Wildman–Crippen LogP) is 3.87. The molecule has 0 saturated heterocycles. The quantitative estimate of drug-likeness (QED) is 0.444. The summed E-state index contributed by atoms with van der Waals surface area (Å²) in [4.78, 5) is 27.2. The highest BCUT2D eigenvalue weighted by atomic mass is 127. The number of carboxylic acid groups (broad SMARTS) is 1. The summed E-state index contributed by atoms with van der Waals surface area (Å²) in [6.07, 6.45) is 0.268. The third-order valence-electron chi connectivity index (χ3n) is 5.36. The number of carboxylic acids is 1. The maximum absolute atomic E-state index is 13.6. The van der Waals surface area contributed by atoms with E-state index in [9.17, 15) is 14.7 Å². The molecule has 1 amide bonds. The summed E-state index contributed by atoms with van der Waals surface area (Å²) >= 11 is 2.24. The minimum Gasteiger partial charge on any atom is -0.489 e. The summed E-state index contributed by atoms with van der Waals surface area (Å²) in [6.45, 7) is 0.419. The number of nitrogens with one attached hydrogen (secondary N) is 1. The first-order valence-corrected chi connectivity index (χ1v) is 11.4. The molecule has 0 bridgehead atoms. The van der Waals surface area contributed by atoms with Crippen LogP contribution in [0.1, 0.15) is 11.1 Å². The van der Waals surface area contributed by atoms with Crippen molar-refractivity contribution in [3.05, 3.63) is 93.6 Å². The third-order valence-corrected chi connectivity index (χ3v) is 6.08. The Bertz CT molecular complexity index is 1090. The van der Waals surface area contributed by atoms with Gasteiger partial charge in [-0.1, -0.05) is 54.6 Å². The average molecular weight is 542 g/mol. The predicted molar refractivity (Wildman–Crippen MR) is 131 cm³/mol. The van der Waals surface area contributed by atoms with E-state index in [1.54, 1.807) is 4.90 Å². The van der Waals surface area contributed by atoms with E-state index in [-0.39, 0.29) is 18.9 Å². The van der Waals surface area contributed by atoms with Crippen molar-refractivity contribution < 1.29 is 19.4 Å². The molecule has 6 nitrogen and oxygen atoms in total. The van der Waals surface area contributed by atoms with Crippen molar-refractivity contribution in [2.75, 3.05) is 11.5 Å². The van der Waals surface area contributed by atoms with Gasteiger partial charge in [-0.3, -0.25) is 14.9 Å². The smallest absolute Gasteiger partial charge is 0.321 e. The molecular weight excluding hydrogens is 519 g/mol. The molecule has 0 unspecified atom stereocenters. The number of hydrogen-bond donors (Lipinski definition) is 2. The zero-order valence-electron chi connectivity index (χ0n) is 17.3.